The molecule has 0 unspecified atom stereocenters. The van der Waals surface area contributed by atoms with E-state index < -0.39 is 0 Å². The first-order chi connectivity index (χ1) is 6.63. The highest BCUT2D eigenvalue weighted by Crippen LogP contribution is 2.23. The number of alkyl halides is 1. The molecule has 0 saturated carbocycles. The Morgan fingerprint density at radius 3 is 2.71 bits per heavy atom. The van der Waals surface area contributed by atoms with E-state index in [0.717, 1.165) is 5.56 Å². The summed E-state index contributed by atoms with van der Waals surface area (Å²) in [7, 11) is 0. The highest BCUT2D eigenvalue weighted by Gasteiger charge is 2.05. The van der Waals surface area contributed by atoms with Crippen LogP contribution in [0.1, 0.15) is 19.4 Å². The van der Waals surface area contributed by atoms with Gasteiger partial charge in [0.2, 0.25) is 5.88 Å². The molecular weight excluding hydrogens is 221 g/mol. The minimum atomic E-state index is 0.414. The summed E-state index contributed by atoms with van der Waals surface area (Å²) in [6.07, 6.45) is 1.68. The zero-order valence-corrected chi connectivity index (χ0v) is 9.77. The molecule has 1 rings (SSSR count). The minimum Gasteiger partial charge on any atom is -0.476 e. The number of pyridine rings is 1. The van der Waals surface area contributed by atoms with Gasteiger partial charge in [-0.3, -0.25) is 0 Å². The van der Waals surface area contributed by atoms with E-state index in [1.807, 2.05) is 0 Å². The molecule has 0 aliphatic heterocycles. The molecule has 2 nitrogen and oxygen atoms in total. The van der Waals surface area contributed by atoms with Crippen molar-refractivity contribution < 1.29 is 4.74 Å². The molecule has 0 N–H and O–H groups in total. The molecule has 0 spiro atoms. The van der Waals surface area contributed by atoms with Crippen molar-refractivity contribution in [1.82, 2.24) is 4.98 Å². The van der Waals surface area contributed by atoms with E-state index >= 15 is 0 Å². The van der Waals surface area contributed by atoms with Crippen LogP contribution in [0.4, 0.5) is 0 Å². The summed E-state index contributed by atoms with van der Waals surface area (Å²) in [5, 5.41) is 0.517. The quantitative estimate of drug-likeness (QED) is 0.743. The first-order valence-corrected chi connectivity index (χ1v) is 5.38. The Kier molecular flexibility index (Phi) is 4.49. The molecule has 0 atom stereocenters. The fraction of sp³-hybridized carbons (Fsp3) is 0.500. The standard InChI is InChI=1S/C10H13Cl2NO/c1-7(2)6-14-10-9(12)3-8(4-11)5-13-10/h3,5,7H,4,6H2,1-2H3. The van der Waals surface area contributed by atoms with Crippen LogP contribution < -0.4 is 4.74 Å². The van der Waals surface area contributed by atoms with Gasteiger partial charge in [-0.1, -0.05) is 25.4 Å². The molecule has 0 saturated heterocycles. The number of hydrogen-bond acceptors (Lipinski definition) is 2. The van der Waals surface area contributed by atoms with Crippen LogP contribution in [0.2, 0.25) is 5.02 Å². The van der Waals surface area contributed by atoms with E-state index in [4.69, 9.17) is 27.9 Å². The van der Waals surface area contributed by atoms with E-state index in [1.165, 1.54) is 0 Å². The van der Waals surface area contributed by atoms with Crippen molar-refractivity contribution >= 4 is 23.2 Å². The van der Waals surface area contributed by atoms with Gasteiger partial charge in [0.05, 0.1) is 6.61 Å². The largest absolute Gasteiger partial charge is 0.476 e. The van der Waals surface area contributed by atoms with Gasteiger partial charge < -0.3 is 4.74 Å². The van der Waals surface area contributed by atoms with Gasteiger partial charge >= 0.3 is 0 Å². The molecule has 14 heavy (non-hydrogen) atoms. The summed E-state index contributed by atoms with van der Waals surface area (Å²) in [4.78, 5) is 4.08. The lowest BCUT2D eigenvalue weighted by Gasteiger charge is -2.09. The Morgan fingerprint density at radius 2 is 2.21 bits per heavy atom. The number of rotatable bonds is 4. The summed E-state index contributed by atoms with van der Waals surface area (Å²) in [6, 6.07) is 1.78. The van der Waals surface area contributed by atoms with Gasteiger partial charge in [0.1, 0.15) is 5.02 Å². The average Bonchev–Trinajstić information content (AvgIpc) is 2.15. The zero-order chi connectivity index (χ0) is 10.6. The normalized spacial score (nSPS) is 10.6. The monoisotopic (exact) mass is 233 g/mol. The van der Waals surface area contributed by atoms with Gasteiger partial charge in [0.25, 0.3) is 0 Å². The lowest BCUT2D eigenvalue weighted by Crippen LogP contribution is -2.06. The van der Waals surface area contributed by atoms with Crippen molar-refractivity contribution in [1.29, 1.82) is 0 Å². The molecule has 0 bridgehead atoms. The van der Waals surface area contributed by atoms with Gasteiger partial charge in [-0.15, -0.1) is 11.6 Å². The van der Waals surface area contributed by atoms with Crippen LogP contribution in [0.3, 0.4) is 0 Å². The zero-order valence-electron chi connectivity index (χ0n) is 8.26. The number of nitrogens with zero attached hydrogens (tertiary/aromatic N) is 1. The first kappa shape index (κ1) is 11.6. The fourth-order valence-corrected chi connectivity index (χ4v) is 1.28. The van der Waals surface area contributed by atoms with Crippen LogP contribution in [0, 0.1) is 5.92 Å². The highest BCUT2D eigenvalue weighted by molar-refractivity contribution is 6.32. The van der Waals surface area contributed by atoms with Gasteiger partial charge in [-0.25, -0.2) is 4.98 Å². The Labute approximate surface area is 94.2 Å². The Bertz CT molecular complexity index is 302. The lowest BCUT2D eigenvalue weighted by molar-refractivity contribution is 0.261. The van der Waals surface area contributed by atoms with E-state index in [1.54, 1.807) is 12.3 Å². The molecule has 0 aliphatic carbocycles. The van der Waals surface area contributed by atoms with Crippen LogP contribution in [-0.2, 0) is 5.88 Å². The lowest BCUT2D eigenvalue weighted by atomic mass is 10.2. The predicted octanol–water partition coefficient (Wildman–Crippen LogP) is 3.51. The van der Waals surface area contributed by atoms with Gasteiger partial charge in [0.15, 0.2) is 0 Å². The van der Waals surface area contributed by atoms with Crippen molar-refractivity contribution in [3.8, 4) is 5.88 Å². The van der Waals surface area contributed by atoms with Crippen molar-refractivity contribution in [2.75, 3.05) is 6.61 Å². The molecule has 0 aliphatic rings. The molecule has 4 heteroatoms. The molecule has 78 valence electrons. The van der Waals surface area contributed by atoms with E-state index in [9.17, 15) is 0 Å². The van der Waals surface area contributed by atoms with Crippen LogP contribution in [-0.4, -0.2) is 11.6 Å². The molecule has 0 radical (unpaired) electrons. The second-order valence-electron chi connectivity index (χ2n) is 3.47. The van der Waals surface area contributed by atoms with E-state index in [-0.39, 0.29) is 0 Å². The van der Waals surface area contributed by atoms with Gasteiger partial charge in [-0.05, 0) is 17.5 Å². The Hall–Kier alpha value is -0.470. The van der Waals surface area contributed by atoms with E-state index in [2.05, 4.69) is 18.8 Å². The topological polar surface area (TPSA) is 22.1 Å². The Balaban J connectivity index is 2.69. The second kappa shape index (κ2) is 5.42. The minimum absolute atomic E-state index is 0.414. The summed E-state index contributed by atoms with van der Waals surface area (Å²) in [6.45, 7) is 4.76. The third kappa shape index (κ3) is 3.35. The fourth-order valence-electron chi connectivity index (χ4n) is 0.890. The van der Waals surface area contributed by atoms with Crippen LogP contribution in [0.15, 0.2) is 12.3 Å². The number of aromatic nitrogens is 1. The second-order valence-corrected chi connectivity index (χ2v) is 4.14. The third-order valence-corrected chi connectivity index (χ3v) is 2.15. The van der Waals surface area contributed by atoms with Crippen molar-refractivity contribution in [3.05, 3.63) is 22.8 Å². The summed E-state index contributed by atoms with van der Waals surface area (Å²) < 4.78 is 5.41. The molecule has 1 aromatic heterocycles. The van der Waals surface area contributed by atoms with Crippen LogP contribution >= 0.6 is 23.2 Å². The Morgan fingerprint density at radius 1 is 1.50 bits per heavy atom. The number of ether oxygens (including phenoxy) is 1. The van der Waals surface area contributed by atoms with Crippen molar-refractivity contribution in [3.63, 3.8) is 0 Å². The molecule has 0 aromatic carbocycles. The average molecular weight is 234 g/mol. The van der Waals surface area contributed by atoms with Crippen molar-refractivity contribution in [2.24, 2.45) is 5.92 Å². The SMILES string of the molecule is CC(C)COc1ncc(CCl)cc1Cl. The highest BCUT2D eigenvalue weighted by atomic mass is 35.5. The van der Waals surface area contributed by atoms with Crippen LogP contribution in [0.5, 0.6) is 5.88 Å². The summed E-state index contributed by atoms with van der Waals surface area (Å²) in [5.41, 5.74) is 0.897. The van der Waals surface area contributed by atoms with Gasteiger partial charge in [-0.2, -0.15) is 0 Å². The third-order valence-electron chi connectivity index (χ3n) is 1.57. The maximum absolute atomic E-state index is 5.95. The van der Waals surface area contributed by atoms with Gasteiger partial charge in [0, 0.05) is 12.1 Å². The maximum Gasteiger partial charge on any atom is 0.232 e. The predicted molar refractivity (Wildman–Crippen MR) is 59.1 cm³/mol. The number of halogens is 2. The molecule has 1 heterocycles. The first-order valence-electron chi connectivity index (χ1n) is 4.46. The maximum atomic E-state index is 5.95. The molecule has 0 fully saturated rings. The summed E-state index contributed by atoms with van der Waals surface area (Å²) >= 11 is 11.6. The molecular formula is C10H13Cl2NO. The number of hydrogen-bond donors (Lipinski definition) is 0. The van der Waals surface area contributed by atoms with Crippen molar-refractivity contribution in [2.45, 2.75) is 19.7 Å². The van der Waals surface area contributed by atoms with Crippen LogP contribution in [0.25, 0.3) is 0 Å². The molecule has 1 aromatic rings. The smallest absolute Gasteiger partial charge is 0.232 e. The van der Waals surface area contributed by atoms with E-state index in [0.29, 0.717) is 29.3 Å². The summed E-state index contributed by atoms with van der Waals surface area (Å²) in [5.74, 6) is 1.35. The molecule has 0 amide bonds.